The molecule has 24 heavy (non-hydrogen) atoms. The van der Waals surface area contributed by atoms with Gasteiger partial charge >= 0.3 is 5.97 Å². The summed E-state index contributed by atoms with van der Waals surface area (Å²) in [5.41, 5.74) is 2.67. The van der Waals surface area contributed by atoms with Crippen molar-refractivity contribution >= 4 is 5.97 Å². The van der Waals surface area contributed by atoms with Crippen LogP contribution in [0.3, 0.4) is 0 Å². The van der Waals surface area contributed by atoms with E-state index in [2.05, 4.69) is 29.6 Å². The van der Waals surface area contributed by atoms with E-state index in [-0.39, 0.29) is 6.04 Å². The third-order valence-corrected chi connectivity index (χ3v) is 4.05. The van der Waals surface area contributed by atoms with Gasteiger partial charge in [-0.25, -0.2) is 4.79 Å². The first-order chi connectivity index (χ1) is 11.7. The molecule has 0 aliphatic heterocycles. The van der Waals surface area contributed by atoms with E-state index in [0.29, 0.717) is 12.1 Å². The van der Waals surface area contributed by atoms with Gasteiger partial charge in [-0.2, -0.15) is 0 Å². The number of ether oxygens (including phenoxy) is 1. The highest BCUT2D eigenvalue weighted by Crippen LogP contribution is 2.20. The molecule has 2 rings (SSSR count). The quantitative estimate of drug-likeness (QED) is 0.647. The smallest absolute Gasteiger partial charge is 0.335 e. The summed E-state index contributed by atoms with van der Waals surface area (Å²) >= 11 is 0. The van der Waals surface area contributed by atoms with Crippen molar-refractivity contribution in [1.82, 2.24) is 5.32 Å². The maximum absolute atomic E-state index is 10.9. The second-order valence-corrected chi connectivity index (χ2v) is 5.83. The summed E-state index contributed by atoms with van der Waals surface area (Å²) in [4.78, 5) is 10.9. The number of benzene rings is 2. The first kappa shape index (κ1) is 18.2. The fourth-order valence-corrected chi connectivity index (χ4v) is 2.67. The monoisotopic (exact) mass is 327 g/mol. The highest BCUT2D eigenvalue weighted by atomic mass is 16.5. The fourth-order valence-electron chi connectivity index (χ4n) is 2.67. The molecular formula is C20H25NO3. The Labute approximate surface area is 143 Å². The molecule has 0 aromatic heterocycles. The molecule has 0 spiro atoms. The van der Waals surface area contributed by atoms with Crippen LogP contribution in [0.5, 0.6) is 0 Å². The molecular weight excluding hydrogens is 302 g/mol. The van der Waals surface area contributed by atoms with Crippen LogP contribution in [0.25, 0.3) is 0 Å². The van der Waals surface area contributed by atoms with Gasteiger partial charge in [-0.3, -0.25) is 0 Å². The van der Waals surface area contributed by atoms with Crippen LogP contribution in [0.15, 0.2) is 54.6 Å². The average molecular weight is 327 g/mol. The maximum atomic E-state index is 10.9. The van der Waals surface area contributed by atoms with Crippen molar-refractivity contribution in [1.29, 1.82) is 0 Å². The molecule has 0 saturated carbocycles. The summed E-state index contributed by atoms with van der Waals surface area (Å²) in [7, 11) is 1.73. The van der Waals surface area contributed by atoms with E-state index >= 15 is 0 Å². The molecule has 0 radical (unpaired) electrons. The lowest BCUT2D eigenvalue weighted by Crippen LogP contribution is -2.21. The van der Waals surface area contributed by atoms with E-state index in [0.717, 1.165) is 31.4 Å². The lowest BCUT2D eigenvalue weighted by molar-refractivity contribution is 0.0697. The van der Waals surface area contributed by atoms with Crippen LogP contribution in [0.2, 0.25) is 0 Å². The largest absolute Gasteiger partial charge is 0.478 e. The summed E-state index contributed by atoms with van der Waals surface area (Å²) in [6, 6.07) is 17.7. The topological polar surface area (TPSA) is 58.6 Å². The van der Waals surface area contributed by atoms with Gasteiger partial charge in [-0.05, 0) is 42.5 Å². The number of methoxy groups -OCH3 is 1. The molecule has 1 unspecified atom stereocenters. The van der Waals surface area contributed by atoms with Crippen molar-refractivity contribution in [3.8, 4) is 0 Å². The van der Waals surface area contributed by atoms with Crippen molar-refractivity contribution in [3.63, 3.8) is 0 Å². The number of nitrogens with one attached hydrogen (secondary N) is 1. The number of hydrogen-bond acceptors (Lipinski definition) is 3. The number of unbranched alkanes of at least 4 members (excludes halogenated alkanes) is 1. The maximum Gasteiger partial charge on any atom is 0.335 e. The Morgan fingerprint density at radius 2 is 1.79 bits per heavy atom. The van der Waals surface area contributed by atoms with Crippen LogP contribution in [0.1, 0.15) is 46.8 Å². The van der Waals surface area contributed by atoms with Crippen LogP contribution in [0, 0.1) is 0 Å². The normalized spacial score (nSPS) is 12.0. The Bertz CT molecular complexity index is 611. The Balaban J connectivity index is 1.95. The van der Waals surface area contributed by atoms with Gasteiger partial charge in [0, 0.05) is 26.3 Å². The van der Waals surface area contributed by atoms with E-state index in [1.165, 1.54) is 5.56 Å². The zero-order valence-electron chi connectivity index (χ0n) is 14.1. The van der Waals surface area contributed by atoms with E-state index in [1.54, 1.807) is 19.2 Å². The highest BCUT2D eigenvalue weighted by molar-refractivity contribution is 5.87. The van der Waals surface area contributed by atoms with Gasteiger partial charge in [0.15, 0.2) is 0 Å². The first-order valence-electron chi connectivity index (χ1n) is 8.30. The zero-order chi connectivity index (χ0) is 17.2. The van der Waals surface area contributed by atoms with Gasteiger partial charge in [0.05, 0.1) is 5.56 Å². The third kappa shape index (κ3) is 5.80. The minimum Gasteiger partial charge on any atom is -0.478 e. The first-order valence-corrected chi connectivity index (χ1v) is 8.30. The Hall–Kier alpha value is -2.17. The van der Waals surface area contributed by atoms with Crippen molar-refractivity contribution in [2.45, 2.75) is 31.8 Å². The predicted molar refractivity (Wildman–Crippen MR) is 95.2 cm³/mol. The Morgan fingerprint density at radius 1 is 1.08 bits per heavy atom. The molecule has 2 N–H and O–H groups in total. The van der Waals surface area contributed by atoms with Gasteiger partial charge in [0.1, 0.15) is 0 Å². The molecule has 1 atom stereocenters. The lowest BCUT2D eigenvalue weighted by Gasteiger charge is -2.19. The Morgan fingerprint density at radius 3 is 2.42 bits per heavy atom. The van der Waals surface area contributed by atoms with Gasteiger partial charge in [-0.1, -0.05) is 42.5 Å². The molecule has 4 nitrogen and oxygen atoms in total. The second kappa shape index (κ2) is 9.85. The minimum atomic E-state index is -0.894. The molecule has 4 heteroatoms. The third-order valence-electron chi connectivity index (χ3n) is 4.05. The molecule has 0 fully saturated rings. The molecule has 0 heterocycles. The molecule has 0 saturated heterocycles. The van der Waals surface area contributed by atoms with Crippen LogP contribution >= 0.6 is 0 Å². The summed E-state index contributed by atoms with van der Waals surface area (Å²) < 4.78 is 5.12. The molecule has 0 amide bonds. The minimum absolute atomic E-state index is 0.280. The number of rotatable bonds is 10. The van der Waals surface area contributed by atoms with Gasteiger partial charge < -0.3 is 15.2 Å². The van der Waals surface area contributed by atoms with E-state index in [9.17, 15) is 4.79 Å². The number of aromatic carboxylic acids is 1. The molecule has 0 aliphatic carbocycles. The molecule has 0 aliphatic rings. The Kier molecular flexibility index (Phi) is 7.46. The van der Waals surface area contributed by atoms with Gasteiger partial charge in [-0.15, -0.1) is 0 Å². The van der Waals surface area contributed by atoms with E-state index < -0.39 is 5.97 Å². The molecule has 2 aromatic rings. The zero-order valence-corrected chi connectivity index (χ0v) is 14.1. The highest BCUT2D eigenvalue weighted by Gasteiger charge is 2.11. The molecule has 2 aromatic carbocycles. The standard InChI is InChI=1S/C20H25NO3/c1-24-14-6-5-9-19(17-7-3-2-4-8-17)21-15-16-10-12-18(13-11-16)20(22)23/h2-4,7-8,10-13,19,21H,5-6,9,14-15H2,1H3,(H,22,23). The van der Waals surface area contributed by atoms with Gasteiger partial charge in [0.25, 0.3) is 0 Å². The van der Waals surface area contributed by atoms with Crippen LogP contribution in [-0.2, 0) is 11.3 Å². The number of carboxylic acid groups (broad SMARTS) is 1. The number of carbonyl (C=O) groups is 1. The fraction of sp³-hybridized carbons (Fsp3) is 0.350. The molecule has 0 bridgehead atoms. The summed E-state index contributed by atoms with van der Waals surface area (Å²) in [6.07, 6.45) is 3.19. The summed E-state index contributed by atoms with van der Waals surface area (Å²) in [6.45, 7) is 1.50. The number of carboxylic acids is 1. The van der Waals surface area contributed by atoms with Crippen molar-refractivity contribution < 1.29 is 14.6 Å². The van der Waals surface area contributed by atoms with E-state index in [1.807, 2.05) is 18.2 Å². The number of hydrogen-bond donors (Lipinski definition) is 2. The lowest BCUT2D eigenvalue weighted by atomic mass is 10.0. The second-order valence-electron chi connectivity index (χ2n) is 5.83. The van der Waals surface area contributed by atoms with Crippen LogP contribution < -0.4 is 5.32 Å². The SMILES string of the molecule is COCCCCC(NCc1ccc(C(=O)O)cc1)c1ccccc1. The van der Waals surface area contributed by atoms with Crippen LogP contribution in [-0.4, -0.2) is 24.8 Å². The molecule has 128 valence electrons. The van der Waals surface area contributed by atoms with Gasteiger partial charge in [0.2, 0.25) is 0 Å². The summed E-state index contributed by atoms with van der Waals surface area (Å²) in [5.74, 6) is -0.894. The van der Waals surface area contributed by atoms with E-state index in [4.69, 9.17) is 9.84 Å². The van der Waals surface area contributed by atoms with Crippen molar-refractivity contribution in [2.75, 3.05) is 13.7 Å². The van der Waals surface area contributed by atoms with Crippen LogP contribution in [0.4, 0.5) is 0 Å². The summed E-state index contributed by atoms with van der Waals surface area (Å²) in [5, 5.41) is 12.5. The van der Waals surface area contributed by atoms with Crippen molar-refractivity contribution in [3.05, 3.63) is 71.3 Å². The predicted octanol–water partition coefficient (Wildman–Crippen LogP) is 4.03. The van der Waals surface area contributed by atoms with Crippen molar-refractivity contribution in [2.24, 2.45) is 0 Å². The average Bonchev–Trinajstić information content (AvgIpc) is 2.62.